The van der Waals surface area contributed by atoms with E-state index >= 15 is 0 Å². The van der Waals surface area contributed by atoms with E-state index in [1.165, 1.54) is 11.8 Å². The molecule has 22 heavy (non-hydrogen) atoms. The minimum absolute atomic E-state index is 0.459. The zero-order valence-electron chi connectivity index (χ0n) is 11.5. The van der Waals surface area contributed by atoms with Crippen LogP contribution in [-0.2, 0) is 11.5 Å². The minimum Gasteiger partial charge on any atom is -0.415 e. The fraction of sp³-hybridized carbons (Fsp3) is 0.231. The summed E-state index contributed by atoms with van der Waals surface area (Å²) in [4.78, 5) is 4.33. The van der Waals surface area contributed by atoms with Crippen molar-refractivity contribution in [3.05, 3.63) is 41.0 Å². The molecule has 2 heterocycles. The first kappa shape index (κ1) is 15.4. The summed E-state index contributed by atoms with van der Waals surface area (Å²) in [6.07, 6.45) is 1.98. The molecule has 0 aliphatic rings. The van der Waals surface area contributed by atoms with Gasteiger partial charge in [0.15, 0.2) is 5.82 Å². The van der Waals surface area contributed by atoms with Crippen LogP contribution in [0, 0.1) is 0 Å². The lowest BCUT2D eigenvalue weighted by Gasteiger charge is -1.93. The van der Waals surface area contributed by atoms with Crippen molar-refractivity contribution in [2.24, 2.45) is 0 Å². The molecule has 1 aromatic carbocycles. The van der Waals surface area contributed by atoms with Gasteiger partial charge in [-0.1, -0.05) is 28.5 Å². The van der Waals surface area contributed by atoms with Crippen molar-refractivity contribution in [3.8, 4) is 11.5 Å². The summed E-state index contributed by atoms with van der Waals surface area (Å²) in [6.45, 7) is 0. The van der Waals surface area contributed by atoms with E-state index in [1.54, 1.807) is 23.9 Å². The first-order valence-corrected chi connectivity index (χ1v) is 9.03. The van der Waals surface area contributed by atoms with E-state index in [2.05, 4.69) is 20.3 Å². The van der Waals surface area contributed by atoms with Gasteiger partial charge in [-0.25, -0.2) is 0 Å². The Morgan fingerprint density at radius 2 is 1.95 bits per heavy atom. The normalized spacial score (nSPS) is 11.0. The fourth-order valence-corrected chi connectivity index (χ4v) is 2.74. The Bertz CT molecular complexity index is 745. The highest BCUT2D eigenvalue weighted by Crippen LogP contribution is 2.24. The number of hydrogen-bond acceptors (Lipinski definition) is 8. The van der Waals surface area contributed by atoms with Gasteiger partial charge < -0.3 is 8.94 Å². The summed E-state index contributed by atoms with van der Waals surface area (Å²) in [5, 5.41) is 13.0. The first-order chi connectivity index (χ1) is 10.7. The molecule has 0 N–H and O–H groups in total. The number of halogens is 1. The fourth-order valence-electron chi connectivity index (χ4n) is 1.63. The highest BCUT2D eigenvalue weighted by Gasteiger charge is 2.12. The molecule has 0 unspecified atom stereocenters. The molecule has 2 aromatic heterocycles. The molecule has 6 nitrogen and oxygen atoms in total. The van der Waals surface area contributed by atoms with Gasteiger partial charge in [0.1, 0.15) is 0 Å². The predicted molar refractivity (Wildman–Crippen MR) is 85.8 cm³/mol. The average Bonchev–Trinajstić information content (AvgIpc) is 3.16. The molecule has 0 atom stereocenters. The highest BCUT2D eigenvalue weighted by atomic mass is 35.5. The lowest BCUT2D eigenvalue weighted by Crippen LogP contribution is -1.84. The summed E-state index contributed by atoms with van der Waals surface area (Å²) in [6, 6.07) is 7.22. The van der Waals surface area contributed by atoms with E-state index in [0.29, 0.717) is 39.4 Å². The van der Waals surface area contributed by atoms with Crippen molar-refractivity contribution in [2.45, 2.75) is 16.7 Å². The monoisotopic (exact) mass is 354 g/mol. The van der Waals surface area contributed by atoms with Crippen LogP contribution in [0.5, 0.6) is 0 Å². The predicted octanol–water partition coefficient (Wildman–Crippen LogP) is 3.93. The van der Waals surface area contributed by atoms with Crippen LogP contribution in [0.1, 0.15) is 11.7 Å². The molecule has 114 valence electrons. The molecule has 3 aromatic rings. The number of aromatic nitrogens is 4. The maximum Gasteiger partial charge on any atom is 0.277 e. The number of thioether (sulfide) groups is 2. The first-order valence-electron chi connectivity index (χ1n) is 6.27. The third-order valence-corrected chi connectivity index (χ3v) is 4.20. The molecule has 3 rings (SSSR count). The lowest BCUT2D eigenvalue weighted by molar-refractivity contribution is 0.422. The van der Waals surface area contributed by atoms with Crippen LogP contribution in [0.15, 0.2) is 38.4 Å². The highest BCUT2D eigenvalue weighted by molar-refractivity contribution is 7.98. The largest absolute Gasteiger partial charge is 0.415 e. The average molecular weight is 355 g/mol. The minimum atomic E-state index is 0.459. The second-order valence-corrected chi connectivity index (χ2v) is 6.44. The Balaban J connectivity index is 1.62. The number of rotatable bonds is 6. The van der Waals surface area contributed by atoms with Crippen LogP contribution in [-0.4, -0.2) is 26.6 Å². The van der Waals surface area contributed by atoms with Gasteiger partial charge in [-0.05, 0) is 30.5 Å². The molecule has 0 amide bonds. The molecule has 0 aliphatic heterocycles. The summed E-state index contributed by atoms with van der Waals surface area (Å²) in [7, 11) is 0. The Kier molecular flexibility index (Phi) is 5.01. The van der Waals surface area contributed by atoms with E-state index in [0.717, 1.165) is 5.56 Å². The second-order valence-electron chi connectivity index (χ2n) is 4.21. The lowest BCUT2D eigenvalue weighted by atomic mass is 10.2. The van der Waals surface area contributed by atoms with E-state index in [9.17, 15) is 0 Å². The van der Waals surface area contributed by atoms with Crippen LogP contribution < -0.4 is 0 Å². The number of nitrogens with zero attached hydrogens (tertiary/aromatic N) is 4. The Morgan fingerprint density at radius 1 is 1.14 bits per heavy atom. The van der Waals surface area contributed by atoms with Crippen LogP contribution in [0.3, 0.4) is 0 Å². The number of benzene rings is 1. The number of hydrogen-bond donors (Lipinski definition) is 0. The van der Waals surface area contributed by atoms with E-state index in [4.69, 9.17) is 20.5 Å². The molecular weight excluding hydrogens is 344 g/mol. The summed E-state index contributed by atoms with van der Waals surface area (Å²) in [5.41, 5.74) is 0.827. The molecule has 0 aliphatic carbocycles. The molecule has 0 fully saturated rings. The van der Waals surface area contributed by atoms with Crippen LogP contribution in [0.2, 0.25) is 5.02 Å². The molecule has 9 heteroatoms. The third-order valence-electron chi connectivity index (χ3n) is 2.60. The van der Waals surface area contributed by atoms with Gasteiger partial charge in [0.25, 0.3) is 11.1 Å². The zero-order chi connectivity index (χ0) is 15.4. The topological polar surface area (TPSA) is 77.8 Å². The van der Waals surface area contributed by atoms with Crippen molar-refractivity contribution in [3.63, 3.8) is 0 Å². The van der Waals surface area contributed by atoms with E-state index < -0.39 is 0 Å². The van der Waals surface area contributed by atoms with Gasteiger partial charge in [0, 0.05) is 10.6 Å². The van der Waals surface area contributed by atoms with Crippen molar-refractivity contribution in [1.29, 1.82) is 0 Å². The van der Waals surface area contributed by atoms with E-state index in [1.807, 2.05) is 18.4 Å². The Morgan fingerprint density at radius 3 is 2.73 bits per heavy atom. The summed E-state index contributed by atoms with van der Waals surface area (Å²) in [5.74, 6) is 2.85. The molecule has 0 spiro atoms. The second kappa shape index (κ2) is 7.17. The Hall–Kier alpha value is -1.51. The zero-order valence-corrected chi connectivity index (χ0v) is 13.9. The maximum absolute atomic E-state index is 5.85. The third kappa shape index (κ3) is 3.82. The molecule has 0 saturated heterocycles. The molecule has 0 radical (unpaired) electrons. The molecular formula is C13H11ClN4O2S2. The van der Waals surface area contributed by atoms with Gasteiger partial charge in [-0.3, -0.25) is 0 Å². The molecule has 0 bridgehead atoms. The summed E-state index contributed by atoms with van der Waals surface area (Å²) < 4.78 is 10.7. The van der Waals surface area contributed by atoms with Gasteiger partial charge in [0.2, 0.25) is 5.89 Å². The van der Waals surface area contributed by atoms with Crippen LogP contribution >= 0.6 is 35.1 Å². The Labute approximate surface area is 140 Å². The maximum atomic E-state index is 5.85. The van der Waals surface area contributed by atoms with Crippen molar-refractivity contribution < 1.29 is 8.94 Å². The van der Waals surface area contributed by atoms with E-state index in [-0.39, 0.29) is 0 Å². The van der Waals surface area contributed by atoms with Crippen LogP contribution in [0.25, 0.3) is 11.5 Å². The van der Waals surface area contributed by atoms with Gasteiger partial charge in [-0.2, -0.15) is 16.7 Å². The molecule has 0 saturated carbocycles. The van der Waals surface area contributed by atoms with Crippen molar-refractivity contribution in [1.82, 2.24) is 20.3 Å². The summed E-state index contributed by atoms with van der Waals surface area (Å²) >= 11 is 8.86. The van der Waals surface area contributed by atoms with Gasteiger partial charge in [0.05, 0.1) is 11.5 Å². The van der Waals surface area contributed by atoms with Gasteiger partial charge >= 0.3 is 0 Å². The van der Waals surface area contributed by atoms with Crippen LogP contribution in [0.4, 0.5) is 0 Å². The smallest absolute Gasteiger partial charge is 0.277 e. The standard InChI is InChI=1S/C13H11ClN4O2S2/c1-21-7-11-16-17-13(19-11)22-6-10-15-12(20-18-10)8-2-4-9(14)5-3-8/h2-5H,6-7H2,1H3. The SMILES string of the molecule is CSCc1nnc(SCc2noc(-c3ccc(Cl)cc3)n2)o1. The van der Waals surface area contributed by atoms with Crippen molar-refractivity contribution in [2.75, 3.05) is 6.26 Å². The van der Waals surface area contributed by atoms with Crippen molar-refractivity contribution >= 4 is 35.1 Å². The quantitative estimate of drug-likeness (QED) is 0.616. The van der Waals surface area contributed by atoms with Gasteiger partial charge in [-0.15, -0.1) is 10.2 Å².